The van der Waals surface area contributed by atoms with Crippen molar-refractivity contribution in [2.45, 2.75) is 12.4 Å². The maximum atomic E-state index is 15.0. The molecule has 0 atom stereocenters. The van der Waals surface area contributed by atoms with Crippen LogP contribution in [0.5, 0.6) is 0 Å². The van der Waals surface area contributed by atoms with Crippen LogP contribution in [0.25, 0.3) is 88.4 Å². The predicted molar refractivity (Wildman–Crippen MR) is 245 cm³/mol. The molecule has 0 aliphatic heterocycles. The van der Waals surface area contributed by atoms with Gasteiger partial charge in [-0.05, 0) is 107 Å². The second-order valence-electron chi connectivity index (χ2n) is 15.9. The van der Waals surface area contributed by atoms with Crippen molar-refractivity contribution in [3.63, 3.8) is 0 Å². The first-order valence-corrected chi connectivity index (χ1v) is 20.6. The first-order valence-electron chi connectivity index (χ1n) is 20.6. The third kappa shape index (κ3) is 6.73. The normalized spacial score (nSPS) is 11.6. The number of halogens is 6. The van der Waals surface area contributed by atoms with E-state index >= 15 is 0 Å². The summed E-state index contributed by atoms with van der Waals surface area (Å²) >= 11 is 0. The molecule has 0 amide bonds. The number of nitrogens with zero attached hydrogens (tertiary/aromatic N) is 7. The Morgan fingerprint density at radius 1 is 0.353 bits per heavy atom. The molecule has 0 saturated carbocycles. The van der Waals surface area contributed by atoms with Gasteiger partial charge in [0.05, 0.1) is 103 Å². The molecular weight excluding hydrogens is 873 g/mol. The fourth-order valence-electron chi connectivity index (χ4n) is 9.27. The number of nitriles is 5. The van der Waals surface area contributed by atoms with Crippen LogP contribution >= 0.6 is 0 Å². The summed E-state index contributed by atoms with van der Waals surface area (Å²) in [7, 11) is 0. The maximum absolute atomic E-state index is 15.0. The zero-order chi connectivity index (χ0) is 47.6. The topological polar surface area (TPSA) is 129 Å². The quantitative estimate of drug-likeness (QED) is 0.159. The lowest BCUT2D eigenvalue weighted by Gasteiger charge is -2.23. The van der Waals surface area contributed by atoms with Crippen molar-refractivity contribution in [2.24, 2.45) is 0 Å². The lowest BCUT2D eigenvalue weighted by molar-refractivity contribution is -0.142. The van der Waals surface area contributed by atoms with Crippen LogP contribution in [0.1, 0.15) is 38.9 Å². The number of para-hydroxylation sites is 2. The number of hydrogen-bond donors (Lipinski definition) is 0. The number of benzene rings is 8. The van der Waals surface area contributed by atoms with Gasteiger partial charge >= 0.3 is 12.4 Å². The molecule has 2 heterocycles. The second kappa shape index (κ2) is 15.8. The summed E-state index contributed by atoms with van der Waals surface area (Å²) < 4.78 is 93.4. The number of alkyl halides is 6. The van der Waals surface area contributed by atoms with E-state index in [1.165, 1.54) is 24.3 Å². The average Bonchev–Trinajstić information content (AvgIpc) is 3.86. The lowest BCUT2D eigenvalue weighted by atomic mass is 9.89. The summed E-state index contributed by atoms with van der Waals surface area (Å²) in [6.07, 6.45) is -10.5. The minimum atomic E-state index is -5.26. The molecule has 322 valence electrons. The molecule has 8 aromatic carbocycles. The minimum absolute atomic E-state index is 0.129. The van der Waals surface area contributed by atoms with Gasteiger partial charge in [0.15, 0.2) is 0 Å². The van der Waals surface area contributed by atoms with Crippen LogP contribution in [-0.2, 0) is 12.4 Å². The molecule has 13 heteroatoms. The molecule has 0 radical (unpaired) electrons. The van der Waals surface area contributed by atoms with Gasteiger partial charge in [-0.1, -0.05) is 66.7 Å². The largest absolute Gasteiger partial charge is 0.417 e. The summed E-state index contributed by atoms with van der Waals surface area (Å²) in [6, 6.07) is 49.3. The smallest absolute Gasteiger partial charge is 0.307 e. The number of hydrogen-bond acceptors (Lipinski definition) is 5. The van der Waals surface area contributed by atoms with E-state index in [1.807, 2.05) is 59.2 Å². The zero-order valence-electron chi connectivity index (χ0n) is 34.8. The van der Waals surface area contributed by atoms with Crippen LogP contribution in [-0.4, -0.2) is 9.13 Å². The molecule has 0 spiro atoms. The lowest BCUT2D eigenvalue weighted by Crippen LogP contribution is -2.15. The fourth-order valence-corrected chi connectivity index (χ4v) is 9.27. The predicted octanol–water partition coefficient (Wildman–Crippen LogP) is 14.3. The standard InChI is InChI=1S/C55H25F6N7/c56-54(57,58)45-8-5-9-46(55(59,60)61)53(45)42-25-52(68-48-11-4-2-7-41(48)44-23-34(15-19-50(44)68)39-17-13-32(27-63)21-36(39)29-65)51(24-37(42)30-66)67-47-10-3-1-6-40(47)43-22-33(14-18-49(43)67)38-16-12-31(26-62)20-35(38)28-64/h1-25H. The van der Waals surface area contributed by atoms with E-state index in [1.54, 1.807) is 77.4 Å². The van der Waals surface area contributed by atoms with Crippen molar-refractivity contribution in [3.05, 3.63) is 191 Å². The van der Waals surface area contributed by atoms with Crippen molar-refractivity contribution in [1.29, 1.82) is 26.3 Å². The summed E-state index contributed by atoms with van der Waals surface area (Å²) in [5.41, 5.74) is 0.528. The SMILES string of the molecule is N#Cc1ccc(-c2ccc3c(c2)c2ccccc2n3-c2cc(C#N)c(-c3c(C(F)(F)F)cccc3C(F)(F)F)cc2-n2c3ccccc3c3cc(-c4ccc(C#N)cc4C#N)ccc32)c(C#N)c1. The molecule has 7 nitrogen and oxygen atoms in total. The molecule has 68 heavy (non-hydrogen) atoms. The van der Waals surface area contributed by atoms with Gasteiger partial charge in [0.2, 0.25) is 0 Å². The van der Waals surface area contributed by atoms with Crippen LogP contribution in [0, 0.1) is 56.7 Å². The molecule has 0 aliphatic carbocycles. The van der Waals surface area contributed by atoms with Crippen molar-refractivity contribution in [2.75, 3.05) is 0 Å². The van der Waals surface area contributed by atoms with E-state index in [4.69, 9.17) is 0 Å². The molecule has 0 N–H and O–H groups in total. The third-order valence-electron chi connectivity index (χ3n) is 12.2. The summed E-state index contributed by atoms with van der Waals surface area (Å²) in [5, 5.41) is 52.6. The van der Waals surface area contributed by atoms with Gasteiger partial charge in [0.1, 0.15) is 0 Å². The van der Waals surface area contributed by atoms with Gasteiger partial charge in [-0.15, -0.1) is 0 Å². The Morgan fingerprint density at radius 3 is 1.19 bits per heavy atom. The monoisotopic (exact) mass is 897 g/mol. The highest BCUT2D eigenvalue weighted by atomic mass is 19.4. The average molecular weight is 898 g/mol. The first-order chi connectivity index (χ1) is 32.8. The first kappa shape index (κ1) is 42.3. The number of aromatic nitrogens is 2. The van der Waals surface area contributed by atoms with Crippen molar-refractivity contribution in [3.8, 4) is 75.1 Å². The highest BCUT2D eigenvalue weighted by molar-refractivity contribution is 6.13. The Kier molecular flexibility index (Phi) is 9.85. The van der Waals surface area contributed by atoms with Gasteiger partial charge in [-0.3, -0.25) is 0 Å². The van der Waals surface area contributed by atoms with Gasteiger partial charge in [0, 0.05) is 32.7 Å². The molecule has 0 unspecified atom stereocenters. The Bertz CT molecular complexity index is 3990. The molecule has 0 fully saturated rings. The maximum Gasteiger partial charge on any atom is 0.417 e. The van der Waals surface area contributed by atoms with E-state index in [2.05, 4.69) is 12.1 Å². The Labute approximate surface area is 382 Å². The fraction of sp³-hybridized carbons (Fsp3) is 0.0364. The third-order valence-corrected chi connectivity index (χ3v) is 12.2. The molecule has 10 rings (SSSR count). The summed E-state index contributed by atoms with van der Waals surface area (Å²) in [5.74, 6) is 0. The van der Waals surface area contributed by atoms with E-state index < -0.39 is 40.2 Å². The van der Waals surface area contributed by atoms with Gasteiger partial charge < -0.3 is 9.13 Å². The molecule has 0 bridgehead atoms. The minimum Gasteiger partial charge on any atom is -0.307 e. The summed E-state index contributed by atoms with van der Waals surface area (Å²) in [6.45, 7) is 0. The van der Waals surface area contributed by atoms with Crippen LogP contribution in [0.15, 0.2) is 152 Å². The Hall–Kier alpha value is -9.61. The van der Waals surface area contributed by atoms with Crippen LogP contribution in [0.3, 0.4) is 0 Å². The van der Waals surface area contributed by atoms with Gasteiger partial charge in [-0.2, -0.15) is 52.7 Å². The van der Waals surface area contributed by atoms with Crippen molar-refractivity contribution < 1.29 is 26.3 Å². The van der Waals surface area contributed by atoms with Crippen molar-refractivity contribution >= 4 is 43.6 Å². The number of rotatable bonds is 5. The van der Waals surface area contributed by atoms with Crippen molar-refractivity contribution in [1.82, 2.24) is 9.13 Å². The highest BCUT2D eigenvalue weighted by Gasteiger charge is 2.42. The van der Waals surface area contributed by atoms with Gasteiger partial charge in [0.25, 0.3) is 0 Å². The van der Waals surface area contributed by atoms with E-state index in [0.29, 0.717) is 89.6 Å². The van der Waals surface area contributed by atoms with E-state index in [9.17, 15) is 52.7 Å². The molecule has 0 aliphatic rings. The highest BCUT2D eigenvalue weighted by Crippen LogP contribution is 2.48. The van der Waals surface area contributed by atoms with E-state index in [-0.39, 0.29) is 28.1 Å². The van der Waals surface area contributed by atoms with Crippen LogP contribution in [0.4, 0.5) is 26.3 Å². The van der Waals surface area contributed by atoms with Gasteiger partial charge in [-0.25, -0.2) is 0 Å². The second-order valence-corrected chi connectivity index (χ2v) is 15.9. The molecule has 10 aromatic rings. The van der Waals surface area contributed by atoms with Crippen LogP contribution < -0.4 is 0 Å². The molecule has 2 aromatic heterocycles. The Balaban J connectivity index is 1.35. The Morgan fingerprint density at radius 2 is 0.765 bits per heavy atom. The summed E-state index contributed by atoms with van der Waals surface area (Å²) in [4.78, 5) is 0. The molecule has 0 saturated heterocycles. The van der Waals surface area contributed by atoms with E-state index in [0.717, 1.165) is 0 Å². The van der Waals surface area contributed by atoms with Crippen LogP contribution in [0.2, 0.25) is 0 Å². The zero-order valence-corrected chi connectivity index (χ0v) is 34.8. The number of fused-ring (bicyclic) bond motifs is 6. The molecular formula is C55H25F6N7.